The number of aromatic nitrogens is 1. The summed E-state index contributed by atoms with van der Waals surface area (Å²) in [5, 5.41) is 13.9. The van der Waals surface area contributed by atoms with Crippen molar-refractivity contribution in [1.82, 2.24) is 15.2 Å². The van der Waals surface area contributed by atoms with E-state index in [-0.39, 0.29) is 18.5 Å². The van der Waals surface area contributed by atoms with Crippen molar-refractivity contribution in [2.45, 2.75) is 50.2 Å². The molecule has 1 aromatic carbocycles. The predicted molar refractivity (Wildman–Crippen MR) is 109 cm³/mol. The van der Waals surface area contributed by atoms with Crippen molar-refractivity contribution in [3.8, 4) is 0 Å². The zero-order valence-corrected chi connectivity index (χ0v) is 16.3. The lowest BCUT2D eigenvalue weighted by Gasteiger charge is -2.37. The van der Waals surface area contributed by atoms with Crippen molar-refractivity contribution in [1.29, 1.82) is 0 Å². The van der Waals surface area contributed by atoms with Crippen LogP contribution in [0.1, 0.15) is 55.0 Å². The van der Waals surface area contributed by atoms with Crippen LogP contribution in [-0.2, 0) is 11.2 Å². The van der Waals surface area contributed by atoms with Gasteiger partial charge >= 0.3 is 0 Å². The number of benzene rings is 1. The number of nitrogens with zero attached hydrogens (tertiary/aromatic N) is 2. The van der Waals surface area contributed by atoms with Gasteiger partial charge in [0.1, 0.15) is 0 Å². The van der Waals surface area contributed by atoms with Crippen molar-refractivity contribution < 1.29 is 9.90 Å². The van der Waals surface area contributed by atoms with Crippen LogP contribution in [0.5, 0.6) is 0 Å². The third-order valence-corrected chi connectivity index (χ3v) is 6.09. The first-order chi connectivity index (χ1) is 13.7. The molecule has 1 aromatic heterocycles. The maximum Gasteiger partial charge on any atom is 0.237 e. The average Bonchev–Trinajstić information content (AvgIpc) is 2.74. The third-order valence-electron chi connectivity index (χ3n) is 6.09. The van der Waals surface area contributed by atoms with Gasteiger partial charge in [-0.15, -0.1) is 0 Å². The quantitative estimate of drug-likeness (QED) is 0.838. The van der Waals surface area contributed by atoms with Crippen molar-refractivity contribution in [3.05, 3.63) is 65.5 Å². The van der Waals surface area contributed by atoms with Gasteiger partial charge in [0.25, 0.3) is 0 Å². The summed E-state index contributed by atoms with van der Waals surface area (Å²) in [7, 11) is 0. The number of aliphatic hydroxyl groups is 1. The van der Waals surface area contributed by atoms with Gasteiger partial charge in [-0.3, -0.25) is 9.78 Å². The Hall–Kier alpha value is -2.24. The van der Waals surface area contributed by atoms with E-state index < -0.39 is 5.60 Å². The Morgan fingerprint density at radius 3 is 2.71 bits per heavy atom. The summed E-state index contributed by atoms with van der Waals surface area (Å²) in [6, 6.07) is 14.0. The number of nitrogens with one attached hydrogen (secondary N) is 1. The van der Waals surface area contributed by atoms with Crippen LogP contribution in [0.2, 0.25) is 0 Å². The molecule has 0 saturated heterocycles. The number of carbonyl (C=O) groups is 1. The molecule has 1 aliphatic carbocycles. The number of amides is 1. The molecule has 0 bridgehead atoms. The van der Waals surface area contributed by atoms with E-state index in [1.807, 2.05) is 29.2 Å². The zero-order valence-electron chi connectivity index (χ0n) is 16.3. The standard InChI is InChI=1S/C23H29N3O2/c27-21(16-24-17-23(28)12-5-1-6-13-23)26-15-11-18-8-2-3-9-19(18)22(26)20-10-4-7-14-25-20/h2-4,7-10,14,22,24,28H,1,5-6,11-13,15-17H2. The summed E-state index contributed by atoms with van der Waals surface area (Å²) in [5.74, 6) is 0.0598. The molecule has 0 spiro atoms. The van der Waals surface area contributed by atoms with Gasteiger partial charge in [0.2, 0.25) is 5.91 Å². The summed E-state index contributed by atoms with van der Waals surface area (Å²) >= 11 is 0. The fourth-order valence-corrected chi connectivity index (χ4v) is 4.58. The molecule has 1 fully saturated rings. The van der Waals surface area contributed by atoms with Gasteiger partial charge in [-0.1, -0.05) is 49.6 Å². The molecule has 0 radical (unpaired) electrons. The lowest BCUT2D eigenvalue weighted by molar-refractivity contribution is -0.132. The van der Waals surface area contributed by atoms with E-state index in [4.69, 9.17) is 0 Å². The Morgan fingerprint density at radius 2 is 1.93 bits per heavy atom. The average molecular weight is 380 g/mol. The van der Waals surface area contributed by atoms with Crippen LogP contribution in [0.4, 0.5) is 0 Å². The first-order valence-corrected chi connectivity index (χ1v) is 10.4. The molecule has 4 rings (SSSR count). The molecule has 5 nitrogen and oxygen atoms in total. The van der Waals surface area contributed by atoms with Crippen molar-refractivity contribution in [2.24, 2.45) is 0 Å². The number of carbonyl (C=O) groups excluding carboxylic acids is 1. The second-order valence-electron chi connectivity index (χ2n) is 8.08. The highest BCUT2D eigenvalue weighted by Gasteiger charge is 2.33. The van der Waals surface area contributed by atoms with Gasteiger partial charge in [0, 0.05) is 19.3 Å². The van der Waals surface area contributed by atoms with E-state index in [0.29, 0.717) is 13.1 Å². The molecule has 1 saturated carbocycles. The highest BCUT2D eigenvalue weighted by atomic mass is 16.3. The summed E-state index contributed by atoms with van der Waals surface area (Å²) in [6.07, 6.45) is 7.61. The third kappa shape index (κ3) is 4.10. The van der Waals surface area contributed by atoms with Gasteiger partial charge in [0.05, 0.1) is 23.9 Å². The molecule has 28 heavy (non-hydrogen) atoms. The van der Waals surface area contributed by atoms with Gasteiger partial charge < -0.3 is 15.3 Å². The number of pyridine rings is 1. The van der Waals surface area contributed by atoms with Gasteiger partial charge in [0.15, 0.2) is 0 Å². The summed E-state index contributed by atoms with van der Waals surface area (Å²) < 4.78 is 0. The fourth-order valence-electron chi connectivity index (χ4n) is 4.58. The number of hydrogen-bond acceptors (Lipinski definition) is 4. The second-order valence-corrected chi connectivity index (χ2v) is 8.08. The molecule has 1 aliphatic heterocycles. The predicted octanol–water partition coefficient (Wildman–Crippen LogP) is 2.84. The van der Waals surface area contributed by atoms with E-state index >= 15 is 0 Å². The Bertz CT molecular complexity index is 803. The molecular weight excluding hydrogens is 350 g/mol. The van der Waals surface area contributed by atoms with E-state index in [0.717, 1.165) is 43.4 Å². The minimum absolute atomic E-state index is 0.0598. The highest BCUT2D eigenvalue weighted by molar-refractivity contribution is 5.79. The minimum atomic E-state index is -0.659. The SMILES string of the molecule is O=C(CNCC1(O)CCCCC1)N1CCc2ccccc2C1c1ccccn1. The maximum atomic E-state index is 13.1. The summed E-state index contributed by atoms with van der Waals surface area (Å²) in [6.45, 7) is 1.41. The molecule has 1 atom stereocenters. The van der Waals surface area contributed by atoms with Crippen LogP contribution >= 0.6 is 0 Å². The van der Waals surface area contributed by atoms with Crippen LogP contribution in [0.3, 0.4) is 0 Å². The molecule has 2 heterocycles. The van der Waals surface area contributed by atoms with Crippen LogP contribution in [-0.4, -0.2) is 46.1 Å². The first-order valence-electron chi connectivity index (χ1n) is 10.4. The first kappa shape index (κ1) is 19.1. The lowest BCUT2D eigenvalue weighted by Crippen LogP contribution is -2.48. The van der Waals surface area contributed by atoms with Crippen molar-refractivity contribution in [2.75, 3.05) is 19.6 Å². The smallest absolute Gasteiger partial charge is 0.237 e. The maximum absolute atomic E-state index is 13.1. The zero-order chi connectivity index (χ0) is 19.4. The fraction of sp³-hybridized carbons (Fsp3) is 0.478. The largest absolute Gasteiger partial charge is 0.389 e. The Morgan fingerprint density at radius 1 is 1.14 bits per heavy atom. The van der Waals surface area contributed by atoms with E-state index in [1.165, 1.54) is 12.0 Å². The van der Waals surface area contributed by atoms with E-state index in [1.54, 1.807) is 6.20 Å². The van der Waals surface area contributed by atoms with Crippen LogP contribution in [0.25, 0.3) is 0 Å². The van der Waals surface area contributed by atoms with Gasteiger partial charge in [-0.05, 0) is 42.5 Å². The Kier molecular flexibility index (Phi) is 5.74. The molecule has 1 amide bonds. The van der Waals surface area contributed by atoms with Crippen LogP contribution < -0.4 is 5.32 Å². The van der Waals surface area contributed by atoms with E-state index in [9.17, 15) is 9.90 Å². The minimum Gasteiger partial charge on any atom is -0.389 e. The molecule has 1 unspecified atom stereocenters. The van der Waals surface area contributed by atoms with Crippen molar-refractivity contribution >= 4 is 5.91 Å². The molecule has 2 N–H and O–H groups in total. The normalized spacial score (nSPS) is 21.2. The van der Waals surface area contributed by atoms with Crippen LogP contribution in [0.15, 0.2) is 48.7 Å². The molecule has 2 aromatic rings. The Balaban J connectivity index is 1.48. The van der Waals surface area contributed by atoms with Gasteiger partial charge in [-0.2, -0.15) is 0 Å². The monoisotopic (exact) mass is 379 g/mol. The van der Waals surface area contributed by atoms with Crippen molar-refractivity contribution in [3.63, 3.8) is 0 Å². The summed E-state index contributed by atoms with van der Waals surface area (Å²) in [5.41, 5.74) is 2.68. The topological polar surface area (TPSA) is 65.5 Å². The second kappa shape index (κ2) is 8.41. The summed E-state index contributed by atoms with van der Waals surface area (Å²) in [4.78, 5) is 19.6. The van der Waals surface area contributed by atoms with E-state index in [2.05, 4.69) is 28.5 Å². The lowest BCUT2D eigenvalue weighted by atomic mass is 9.85. The molecular formula is C23H29N3O2. The molecule has 5 heteroatoms. The van der Waals surface area contributed by atoms with Gasteiger partial charge in [-0.25, -0.2) is 0 Å². The molecule has 148 valence electrons. The Labute approximate surface area is 166 Å². The highest BCUT2D eigenvalue weighted by Crippen LogP contribution is 2.34. The molecule has 2 aliphatic rings. The van der Waals surface area contributed by atoms with Crippen LogP contribution in [0, 0.1) is 0 Å². The number of hydrogen-bond donors (Lipinski definition) is 2. The number of fused-ring (bicyclic) bond motifs is 1. The number of rotatable bonds is 5.